The summed E-state index contributed by atoms with van der Waals surface area (Å²) in [7, 11) is 0. The Bertz CT molecular complexity index is 187. The maximum atomic E-state index is 3.59. The Kier molecular flexibility index (Phi) is 7.05. The molecule has 1 nitrogen and oxygen atoms in total. The molecule has 0 aromatic carbocycles. The second-order valence-corrected chi connectivity index (χ2v) is 2.54. The molecule has 1 N–H and O–H groups in total. The third-order valence-electron chi connectivity index (χ3n) is 1.44. The van der Waals surface area contributed by atoms with E-state index in [0.717, 1.165) is 13.0 Å². The van der Waals surface area contributed by atoms with E-state index in [2.05, 4.69) is 31.5 Å². The van der Waals surface area contributed by atoms with Crippen LogP contribution in [0.15, 0.2) is 49.2 Å². The minimum absolute atomic E-state index is 0.952. The number of hydrogen-bond donors (Lipinski definition) is 1. The molecule has 0 spiro atoms. The van der Waals surface area contributed by atoms with Crippen LogP contribution in [0.1, 0.15) is 13.3 Å². The minimum atomic E-state index is 0.952. The zero-order valence-corrected chi connectivity index (χ0v) is 7.72. The van der Waals surface area contributed by atoms with Crippen molar-refractivity contribution in [2.75, 3.05) is 6.54 Å². The van der Waals surface area contributed by atoms with Crippen LogP contribution in [0.25, 0.3) is 0 Å². The first kappa shape index (κ1) is 10.8. The number of hydrogen-bond acceptors (Lipinski definition) is 1. The van der Waals surface area contributed by atoms with Crippen molar-refractivity contribution in [3.05, 3.63) is 49.2 Å². The SMILES string of the molecule is C=C/C=C\C=C(/C)CCNC=C. The molecule has 0 unspecified atom stereocenters. The molecule has 1 heteroatoms. The van der Waals surface area contributed by atoms with E-state index in [4.69, 9.17) is 0 Å². The number of rotatable bonds is 6. The van der Waals surface area contributed by atoms with E-state index in [1.807, 2.05) is 12.2 Å². The molecule has 0 bridgehead atoms. The summed E-state index contributed by atoms with van der Waals surface area (Å²) in [6.07, 6.45) is 10.5. The summed E-state index contributed by atoms with van der Waals surface area (Å²) in [5.74, 6) is 0. The largest absolute Gasteiger partial charge is 0.391 e. The molecule has 0 rings (SSSR count). The fourth-order valence-corrected chi connectivity index (χ4v) is 0.753. The number of nitrogens with one attached hydrogen (secondary N) is 1. The molecule has 0 saturated carbocycles. The molecule has 0 aromatic heterocycles. The van der Waals surface area contributed by atoms with Crippen LogP contribution in [0, 0.1) is 0 Å². The average molecular weight is 163 g/mol. The Morgan fingerprint density at radius 1 is 1.33 bits per heavy atom. The van der Waals surface area contributed by atoms with Gasteiger partial charge < -0.3 is 5.32 Å². The summed E-state index contributed by atoms with van der Waals surface area (Å²) in [5, 5.41) is 3.05. The van der Waals surface area contributed by atoms with Crippen molar-refractivity contribution in [2.24, 2.45) is 0 Å². The first-order valence-corrected chi connectivity index (χ1v) is 4.10. The first-order valence-electron chi connectivity index (χ1n) is 4.10. The van der Waals surface area contributed by atoms with Gasteiger partial charge in [-0.3, -0.25) is 0 Å². The summed E-state index contributed by atoms with van der Waals surface area (Å²) in [5.41, 5.74) is 1.35. The first-order chi connectivity index (χ1) is 5.81. The molecule has 0 radical (unpaired) electrons. The molecule has 0 heterocycles. The smallest absolute Gasteiger partial charge is 0.0178 e. The molecule has 0 aliphatic carbocycles. The van der Waals surface area contributed by atoms with Crippen molar-refractivity contribution in [3.63, 3.8) is 0 Å². The molecular weight excluding hydrogens is 146 g/mol. The lowest BCUT2D eigenvalue weighted by molar-refractivity contribution is 0.826. The zero-order chi connectivity index (χ0) is 9.23. The van der Waals surface area contributed by atoms with Gasteiger partial charge in [-0.2, -0.15) is 0 Å². The average Bonchev–Trinajstić information content (AvgIpc) is 2.06. The Labute approximate surface area is 75.2 Å². The van der Waals surface area contributed by atoms with E-state index in [1.54, 1.807) is 12.3 Å². The van der Waals surface area contributed by atoms with Crippen molar-refractivity contribution < 1.29 is 0 Å². The lowest BCUT2D eigenvalue weighted by Crippen LogP contribution is -2.05. The molecule has 0 aliphatic rings. The van der Waals surface area contributed by atoms with Gasteiger partial charge in [0.05, 0.1) is 0 Å². The van der Waals surface area contributed by atoms with Gasteiger partial charge in [-0.15, -0.1) is 0 Å². The van der Waals surface area contributed by atoms with Gasteiger partial charge in [0.15, 0.2) is 0 Å². The van der Waals surface area contributed by atoms with Crippen LogP contribution in [0.4, 0.5) is 0 Å². The molecule has 0 aliphatic heterocycles. The molecule has 0 fully saturated rings. The summed E-state index contributed by atoms with van der Waals surface area (Å²) in [6.45, 7) is 10.2. The lowest BCUT2D eigenvalue weighted by Gasteiger charge is -1.99. The molecular formula is C11H17N. The minimum Gasteiger partial charge on any atom is -0.391 e. The van der Waals surface area contributed by atoms with Crippen LogP contribution in [-0.2, 0) is 0 Å². The van der Waals surface area contributed by atoms with Crippen LogP contribution >= 0.6 is 0 Å². The van der Waals surface area contributed by atoms with Gasteiger partial charge in [0, 0.05) is 6.54 Å². The van der Waals surface area contributed by atoms with Gasteiger partial charge in [-0.25, -0.2) is 0 Å². The molecule has 0 atom stereocenters. The fourth-order valence-electron chi connectivity index (χ4n) is 0.753. The molecule has 12 heavy (non-hydrogen) atoms. The standard InChI is InChI=1S/C11H17N/c1-4-6-7-8-11(3)9-10-12-5-2/h4-8,12H,1-2,9-10H2,3H3/b7-6-,11-8+. The second-order valence-electron chi connectivity index (χ2n) is 2.54. The van der Waals surface area contributed by atoms with E-state index in [9.17, 15) is 0 Å². The van der Waals surface area contributed by atoms with Crippen LogP contribution in [-0.4, -0.2) is 6.54 Å². The lowest BCUT2D eigenvalue weighted by atomic mass is 10.2. The van der Waals surface area contributed by atoms with E-state index in [0.29, 0.717) is 0 Å². The highest BCUT2D eigenvalue weighted by atomic mass is 14.8. The van der Waals surface area contributed by atoms with Gasteiger partial charge in [0.2, 0.25) is 0 Å². The predicted octanol–water partition coefficient (Wildman–Crippen LogP) is 2.80. The molecule has 0 aromatic rings. The van der Waals surface area contributed by atoms with Gasteiger partial charge in [0.1, 0.15) is 0 Å². The second kappa shape index (κ2) is 7.86. The topological polar surface area (TPSA) is 12.0 Å². The monoisotopic (exact) mass is 163 g/mol. The summed E-state index contributed by atoms with van der Waals surface area (Å²) in [4.78, 5) is 0. The fraction of sp³-hybridized carbons (Fsp3) is 0.273. The van der Waals surface area contributed by atoms with E-state index in [1.165, 1.54) is 5.57 Å². The number of allylic oxidation sites excluding steroid dienone is 4. The van der Waals surface area contributed by atoms with Gasteiger partial charge in [-0.1, -0.05) is 43.0 Å². The molecule has 66 valence electrons. The Morgan fingerprint density at radius 2 is 2.08 bits per heavy atom. The Morgan fingerprint density at radius 3 is 2.67 bits per heavy atom. The van der Waals surface area contributed by atoms with Crippen molar-refractivity contribution in [3.8, 4) is 0 Å². The van der Waals surface area contributed by atoms with E-state index >= 15 is 0 Å². The van der Waals surface area contributed by atoms with Crippen molar-refractivity contribution in [2.45, 2.75) is 13.3 Å². The maximum Gasteiger partial charge on any atom is 0.0178 e. The Hall–Kier alpha value is -1.24. The van der Waals surface area contributed by atoms with Gasteiger partial charge in [-0.05, 0) is 19.5 Å². The normalized spacial score (nSPS) is 11.6. The van der Waals surface area contributed by atoms with E-state index < -0.39 is 0 Å². The predicted molar refractivity (Wildman–Crippen MR) is 55.9 cm³/mol. The van der Waals surface area contributed by atoms with Gasteiger partial charge >= 0.3 is 0 Å². The molecule has 0 saturated heterocycles. The van der Waals surface area contributed by atoms with Crippen molar-refractivity contribution in [1.82, 2.24) is 5.32 Å². The van der Waals surface area contributed by atoms with Crippen LogP contribution < -0.4 is 5.32 Å². The summed E-state index contributed by atoms with van der Waals surface area (Å²) < 4.78 is 0. The van der Waals surface area contributed by atoms with Gasteiger partial charge in [0.25, 0.3) is 0 Å². The highest BCUT2D eigenvalue weighted by Gasteiger charge is 1.85. The summed E-state index contributed by atoms with van der Waals surface area (Å²) >= 11 is 0. The van der Waals surface area contributed by atoms with Crippen molar-refractivity contribution in [1.29, 1.82) is 0 Å². The highest BCUT2D eigenvalue weighted by molar-refractivity contribution is 5.14. The highest BCUT2D eigenvalue weighted by Crippen LogP contribution is 1.98. The van der Waals surface area contributed by atoms with Crippen LogP contribution in [0.3, 0.4) is 0 Å². The van der Waals surface area contributed by atoms with Crippen LogP contribution in [0.2, 0.25) is 0 Å². The summed E-state index contributed by atoms with van der Waals surface area (Å²) in [6, 6.07) is 0. The Balaban J connectivity index is 3.61. The molecule has 0 amide bonds. The van der Waals surface area contributed by atoms with Crippen LogP contribution in [0.5, 0.6) is 0 Å². The van der Waals surface area contributed by atoms with E-state index in [-0.39, 0.29) is 0 Å². The third-order valence-corrected chi connectivity index (χ3v) is 1.44. The zero-order valence-electron chi connectivity index (χ0n) is 7.72. The van der Waals surface area contributed by atoms with Crippen molar-refractivity contribution >= 4 is 0 Å². The third kappa shape index (κ3) is 6.87. The quantitative estimate of drug-likeness (QED) is 0.469. The maximum absolute atomic E-state index is 3.59.